The molecule has 0 saturated heterocycles. The summed E-state index contributed by atoms with van der Waals surface area (Å²) in [4.78, 5) is 9.76. The number of nitrogens with zero attached hydrogens (tertiary/aromatic N) is 3. The van der Waals surface area contributed by atoms with Crippen molar-refractivity contribution in [1.29, 1.82) is 0 Å². The zero-order valence-corrected chi connectivity index (χ0v) is 34.7. The van der Waals surface area contributed by atoms with Crippen molar-refractivity contribution in [2.75, 3.05) is 0 Å². The monoisotopic (exact) mass is 876 g/mol. The van der Waals surface area contributed by atoms with E-state index >= 15 is 0 Å². The minimum atomic E-state index is -1.35. The Morgan fingerprint density at radius 1 is 0.788 bits per heavy atom. The van der Waals surface area contributed by atoms with E-state index in [9.17, 15) is 0 Å². The van der Waals surface area contributed by atoms with Crippen LogP contribution in [0.1, 0.15) is 36.1 Å². The zero-order chi connectivity index (χ0) is 35.9. The Morgan fingerprint density at radius 3 is 2.23 bits per heavy atom. The summed E-state index contributed by atoms with van der Waals surface area (Å²) in [6, 6.07) is 42.1. The van der Waals surface area contributed by atoms with Crippen molar-refractivity contribution in [1.82, 2.24) is 14.5 Å². The molecule has 0 unspecified atom stereocenters. The third-order valence-electron chi connectivity index (χ3n) is 9.44. The van der Waals surface area contributed by atoms with Crippen LogP contribution < -0.4 is 5.19 Å². The second kappa shape index (κ2) is 15.2. The zero-order valence-electron chi connectivity index (χ0n) is 31.3. The van der Waals surface area contributed by atoms with Gasteiger partial charge in [-0.1, -0.05) is 112 Å². The summed E-state index contributed by atoms with van der Waals surface area (Å²) in [7, 11) is -1.35. The topological polar surface area (TPSA) is 43.9 Å². The molecule has 0 fully saturated rings. The van der Waals surface area contributed by atoms with E-state index in [0.29, 0.717) is 5.92 Å². The third-order valence-corrected chi connectivity index (χ3v) is 11.5. The van der Waals surface area contributed by atoms with Gasteiger partial charge in [0.2, 0.25) is 0 Å². The van der Waals surface area contributed by atoms with Crippen LogP contribution in [0.5, 0.6) is 0 Å². The maximum Gasteiger partial charge on any atom is 0.120 e. The van der Waals surface area contributed by atoms with E-state index in [2.05, 4.69) is 144 Å². The van der Waals surface area contributed by atoms with Crippen LogP contribution in [0.25, 0.3) is 61.3 Å². The Kier molecular flexibility index (Phi) is 10.8. The Bertz CT molecular complexity index is 2500. The van der Waals surface area contributed by atoms with Gasteiger partial charge in [-0.2, -0.15) is 0 Å². The van der Waals surface area contributed by atoms with Gasteiger partial charge in [-0.25, -0.2) is 0 Å². The van der Waals surface area contributed by atoms with Crippen LogP contribution in [0.4, 0.5) is 0 Å². The molecule has 265 valence electrons. The normalized spacial score (nSPS) is 11.6. The van der Waals surface area contributed by atoms with Gasteiger partial charge in [-0.05, 0) is 66.4 Å². The maximum absolute atomic E-state index is 6.30. The van der Waals surface area contributed by atoms with E-state index < -0.39 is 8.07 Å². The van der Waals surface area contributed by atoms with Crippen LogP contribution in [-0.2, 0) is 26.5 Å². The molecule has 8 rings (SSSR count). The number of furan rings is 1. The second-order valence-corrected chi connectivity index (χ2v) is 20.1. The molecule has 0 amide bonds. The Balaban J connectivity index is 0.000000187. The number of rotatable bonds is 6. The molecule has 1 radical (unpaired) electrons. The number of hydrogen-bond donors (Lipinski definition) is 0. The van der Waals surface area contributed by atoms with E-state index in [0.717, 1.165) is 67.7 Å². The molecule has 5 aromatic carbocycles. The van der Waals surface area contributed by atoms with Gasteiger partial charge in [-0.3, -0.25) is 4.98 Å². The number of fused-ring (bicyclic) bond motifs is 4. The summed E-state index contributed by atoms with van der Waals surface area (Å²) in [5.74, 6) is 1.51. The van der Waals surface area contributed by atoms with E-state index in [-0.39, 0.29) is 20.1 Å². The average molecular weight is 876 g/mol. The number of benzene rings is 5. The van der Waals surface area contributed by atoms with Crippen LogP contribution >= 0.6 is 0 Å². The molecular weight excluding hydrogens is 831 g/mol. The number of para-hydroxylation sites is 4. The Hall–Kier alpha value is -4.61. The van der Waals surface area contributed by atoms with Crippen LogP contribution in [0.3, 0.4) is 0 Å². The average Bonchev–Trinajstić information content (AvgIpc) is 3.67. The van der Waals surface area contributed by atoms with Crippen LogP contribution in [-0.4, -0.2) is 22.6 Å². The molecule has 3 heterocycles. The van der Waals surface area contributed by atoms with E-state index in [1.165, 1.54) is 27.4 Å². The summed E-state index contributed by atoms with van der Waals surface area (Å²) in [5, 5.41) is 3.68. The predicted octanol–water partition coefficient (Wildman–Crippen LogP) is 11.6. The fraction of sp³-hybridized carbons (Fsp3) is 0.217. The summed E-state index contributed by atoms with van der Waals surface area (Å²) < 4.78 is 8.55. The standard InChI is InChI=1S/C27H19N2O.C19H26NSi.Ir/c1-17-9-7-10-18(2)25(17)29-23-15-5-4-14-22(23)28-27(29)21-13-8-12-20-19-11-3-6-16-24(19)30-26(20)21;1-14(2)10-17-12-18(16-9-7-8-15(3)11-16)20-13-19(17)21(4,5)6;/h3-12,14-16H,1-2H3;7-8,11-14H,10H2,1-6H3;/q2*-1;. The molecule has 0 spiro atoms. The SMILES string of the molecule is Cc1cc[c-]c(-c2cc(CC(C)C)c([Si](C)(C)C)cn2)c1.Cc1cccc(C)c1-n1c(-c2[c-]ccc3c2oc2ccccc23)nc2ccccc21.[Ir]. The van der Waals surface area contributed by atoms with E-state index in [4.69, 9.17) is 14.4 Å². The number of hydrogen-bond acceptors (Lipinski definition) is 3. The number of pyridine rings is 1. The summed E-state index contributed by atoms with van der Waals surface area (Å²) in [6.07, 6.45) is 3.25. The van der Waals surface area contributed by atoms with Crippen molar-refractivity contribution in [2.45, 2.75) is 60.7 Å². The molecule has 0 bridgehead atoms. The molecular formula is C46H45IrN3OSi-2. The number of imidazole rings is 1. The van der Waals surface area contributed by atoms with Crippen molar-refractivity contribution in [3.63, 3.8) is 0 Å². The first-order chi connectivity index (χ1) is 24.5. The third kappa shape index (κ3) is 7.34. The smallest absolute Gasteiger partial charge is 0.120 e. The molecule has 0 atom stereocenters. The van der Waals surface area contributed by atoms with E-state index in [1.54, 1.807) is 0 Å². The molecule has 0 saturated carbocycles. The maximum atomic E-state index is 6.30. The van der Waals surface area contributed by atoms with Gasteiger partial charge >= 0.3 is 0 Å². The summed E-state index contributed by atoms with van der Waals surface area (Å²) in [6.45, 7) is 18.2. The van der Waals surface area contributed by atoms with Crippen molar-refractivity contribution in [3.05, 3.63) is 144 Å². The Morgan fingerprint density at radius 2 is 1.50 bits per heavy atom. The summed E-state index contributed by atoms with van der Waals surface area (Å²) >= 11 is 0. The van der Waals surface area contributed by atoms with Gasteiger partial charge in [0.05, 0.1) is 30.5 Å². The molecule has 0 aliphatic rings. The quantitative estimate of drug-likeness (QED) is 0.123. The predicted molar refractivity (Wildman–Crippen MR) is 217 cm³/mol. The van der Waals surface area contributed by atoms with Gasteiger partial charge in [-0.15, -0.1) is 53.6 Å². The van der Waals surface area contributed by atoms with Gasteiger partial charge in [0.15, 0.2) is 0 Å². The van der Waals surface area contributed by atoms with Crippen molar-refractivity contribution in [3.8, 4) is 28.3 Å². The molecule has 52 heavy (non-hydrogen) atoms. The first kappa shape index (κ1) is 37.2. The van der Waals surface area contributed by atoms with Crippen LogP contribution in [0.15, 0.2) is 114 Å². The van der Waals surface area contributed by atoms with Crippen molar-refractivity contribution >= 4 is 46.2 Å². The largest absolute Gasteiger partial charge is 0.501 e. The van der Waals surface area contributed by atoms with Gasteiger partial charge in [0, 0.05) is 37.4 Å². The Labute approximate surface area is 322 Å². The second-order valence-electron chi connectivity index (χ2n) is 15.0. The van der Waals surface area contributed by atoms with Crippen LogP contribution in [0, 0.1) is 38.8 Å². The number of aromatic nitrogens is 3. The molecule has 0 N–H and O–H groups in total. The minimum Gasteiger partial charge on any atom is -0.501 e. The molecule has 0 aliphatic carbocycles. The molecule has 6 heteroatoms. The molecule has 3 aromatic heterocycles. The molecule has 8 aromatic rings. The van der Waals surface area contributed by atoms with Gasteiger partial charge < -0.3 is 14.0 Å². The van der Waals surface area contributed by atoms with Crippen molar-refractivity contribution in [2.24, 2.45) is 5.92 Å². The first-order valence-corrected chi connectivity index (χ1v) is 21.3. The summed E-state index contributed by atoms with van der Waals surface area (Å²) in [5.41, 5.74) is 13.1. The molecule has 0 aliphatic heterocycles. The number of aryl methyl sites for hydroxylation is 3. The van der Waals surface area contributed by atoms with Gasteiger partial charge in [0.25, 0.3) is 0 Å². The first-order valence-electron chi connectivity index (χ1n) is 17.8. The molecule has 4 nitrogen and oxygen atoms in total. The van der Waals surface area contributed by atoms with E-state index in [1.807, 2.05) is 36.4 Å². The van der Waals surface area contributed by atoms with Gasteiger partial charge in [0.1, 0.15) is 5.58 Å². The fourth-order valence-electron chi connectivity index (χ4n) is 7.09. The minimum absolute atomic E-state index is 0. The van der Waals surface area contributed by atoms with Crippen molar-refractivity contribution < 1.29 is 24.5 Å². The fourth-order valence-corrected chi connectivity index (χ4v) is 8.68. The van der Waals surface area contributed by atoms with Crippen LogP contribution in [0.2, 0.25) is 19.6 Å².